The van der Waals surface area contributed by atoms with Crippen molar-refractivity contribution < 1.29 is 56.0 Å². The summed E-state index contributed by atoms with van der Waals surface area (Å²) in [5.74, 6) is -4.70. The number of carboxylic acids is 2. The summed E-state index contributed by atoms with van der Waals surface area (Å²) in [5.41, 5.74) is 7.64. The summed E-state index contributed by atoms with van der Waals surface area (Å²) in [6.45, 7) is 1.25. The lowest BCUT2D eigenvalue weighted by atomic mass is 10.0. The molecule has 2 aliphatic rings. The molecule has 172 valence electrons. The Morgan fingerprint density at radius 2 is 1.65 bits per heavy atom. The fourth-order valence-electron chi connectivity index (χ4n) is 3.47. The second-order valence-electron chi connectivity index (χ2n) is 6.74. The highest BCUT2D eigenvalue weighted by Gasteiger charge is 2.46. The van der Waals surface area contributed by atoms with Crippen LogP contribution in [0.2, 0.25) is 0 Å². The number of nitrogens with two attached hydrogens (primary N) is 2. The second-order valence-corrected chi connectivity index (χ2v) is 6.74. The summed E-state index contributed by atoms with van der Waals surface area (Å²) in [6.07, 6.45) is -4.26. The Balaban J connectivity index is 0.000000206. The van der Waals surface area contributed by atoms with Crippen molar-refractivity contribution in [3.63, 3.8) is 0 Å². The number of quaternary nitrogens is 1. The zero-order chi connectivity index (χ0) is 23.6. The van der Waals surface area contributed by atoms with Gasteiger partial charge in [-0.2, -0.15) is 31.3 Å². The molecular formula is C15H16F6N6O4. The van der Waals surface area contributed by atoms with Crippen molar-refractivity contribution in [2.75, 3.05) is 12.3 Å². The predicted molar refractivity (Wildman–Crippen MR) is 83.0 cm³/mol. The maximum Gasteiger partial charge on any atom is 0.430 e. The average Bonchev–Trinajstić information content (AvgIpc) is 3.36. The molecular weight excluding hydrogens is 442 g/mol. The molecule has 2 aromatic heterocycles. The third-order valence-corrected chi connectivity index (χ3v) is 4.74. The van der Waals surface area contributed by atoms with Crippen LogP contribution in [0.3, 0.4) is 0 Å². The van der Waals surface area contributed by atoms with Gasteiger partial charge in [0.1, 0.15) is 11.9 Å². The van der Waals surface area contributed by atoms with Crippen molar-refractivity contribution in [3.05, 3.63) is 12.7 Å². The highest BCUT2D eigenvalue weighted by Crippen LogP contribution is 2.33. The number of nitrogen functional groups attached to an aromatic ring is 1. The van der Waals surface area contributed by atoms with Gasteiger partial charge >= 0.3 is 18.0 Å². The molecule has 0 spiro atoms. The maximum atomic E-state index is 10.5. The second kappa shape index (κ2) is 8.91. The molecule has 5 N–H and O–H groups in total. The molecule has 1 saturated carbocycles. The van der Waals surface area contributed by atoms with Crippen LogP contribution in [0.25, 0.3) is 11.2 Å². The van der Waals surface area contributed by atoms with Crippen molar-refractivity contribution >= 4 is 28.9 Å². The SMILES string of the molecule is Nc1ncnc2c1[nH]c[n+]2C1C[C@H]2C[C@@H]1C[NH2+]2.O=C([O-])C(F)(F)F.O=C([O-])C(F)(F)F. The van der Waals surface area contributed by atoms with Crippen LogP contribution in [0.4, 0.5) is 32.2 Å². The largest absolute Gasteiger partial charge is 0.542 e. The van der Waals surface area contributed by atoms with Crippen molar-refractivity contribution in [2.45, 2.75) is 37.3 Å². The number of rotatable bonds is 1. The summed E-state index contributed by atoms with van der Waals surface area (Å²) >= 11 is 0. The van der Waals surface area contributed by atoms with Gasteiger partial charge in [-0.15, -0.1) is 0 Å². The first kappa shape index (κ1) is 24.1. The molecule has 1 unspecified atom stereocenters. The van der Waals surface area contributed by atoms with E-state index in [4.69, 9.17) is 25.5 Å². The first-order valence-corrected chi connectivity index (χ1v) is 8.60. The fourth-order valence-corrected chi connectivity index (χ4v) is 3.47. The van der Waals surface area contributed by atoms with Crippen LogP contribution < -0.4 is 25.8 Å². The van der Waals surface area contributed by atoms with Crippen LogP contribution in [-0.2, 0) is 9.59 Å². The van der Waals surface area contributed by atoms with Gasteiger partial charge in [0.2, 0.25) is 5.52 Å². The molecule has 3 atom stereocenters. The Morgan fingerprint density at radius 3 is 2.06 bits per heavy atom. The molecule has 1 aliphatic carbocycles. The lowest BCUT2D eigenvalue weighted by molar-refractivity contribution is -0.744. The molecule has 1 aliphatic heterocycles. The Hall–Kier alpha value is -3.17. The van der Waals surface area contributed by atoms with Crippen LogP contribution in [0.15, 0.2) is 12.7 Å². The van der Waals surface area contributed by atoms with Gasteiger partial charge in [-0.3, -0.25) is 4.98 Å². The van der Waals surface area contributed by atoms with Crippen molar-refractivity contribution in [1.82, 2.24) is 15.0 Å². The molecule has 0 amide bonds. The first-order valence-electron chi connectivity index (χ1n) is 8.60. The number of nitrogens with one attached hydrogen (secondary N) is 1. The summed E-state index contributed by atoms with van der Waals surface area (Å²) in [6, 6.07) is 1.38. The van der Waals surface area contributed by atoms with E-state index in [9.17, 15) is 26.3 Å². The number of imidazole rings is 1. The zero-order valence-electron chi connectivity index (χ0n) is 15.4. The number of carboxylic acid groups (broad SMARTS) is 2. The topological polar surface area (TPSA) is 168 Å². The minimum atomic E-state index is -5.19. The van der Waals surface area contributed by atoms with Crippen LogP contribution in [-0.4, -0.2) is 51.8 Å². The number of piperidine rings is 1. The van der Waals surface area contributed by atoms with Gasteiger partial charge in [-0.05, 0) is 0 Å². The number of hydrogen-bond donors (Lipinski definition) is 3. The van der Waals surface area contributed by atoms with E-state index in [1.807, 2.05) is 6.33 Å². The Morgan fingerprint density at radius 1 is 1.10 bits per heavy atom. The third-order valence-electron chi connectivity index (χ3n) is 4.74. The lowest BCUT2D eigenvalue weighted by Crippen LogP contribution is -2.88. The number of carbonyl (C=O) groups excluding carboxylic acids is 2. The van der Waals surface area contributed by atoms with Gasteiger partial charge in [0.05, 0.1) is 18.6 Å². The smallest absolute Gasteiger partial charge is 0.430 e. The number of fused-ring (bicyclic) bond motifs is 3. The van der Waals surface area contributed by atoms with Crippen LogP contribution in [0.1, 0.15) is 18.9 Å². The number of anilines is 1. The predicted octanol–water partition coefficient (Wildman–Crippen LogP) is -2.68. The van der Waals surface area contributed by atoms with E-state index in [1.54, 1.807) is 6.33 Å². The average molecular weight is 458 g/mol. The number of carbonyl (C=O) groups is 2. The van der Waals surface area contributed by atoms with Crippen molar-refractivity contribution in [1.29, 1.82) is 0 Å². The summed E-state index contributed by atoms with van der Waals surface area (Å²) in [4.78, 5) is 29.1. The standard InChI is InChI=1S/C11H14N6.2C2HF3O2/c12-10-9-11(15-4-14-10)17(5-16-9)8-2-7-1-6(8)3-13-7;2*3-2(4,5)1(6)7/h4-8,13H,1-3H2,(H2,12,14,15);2*(H,6,7)/t6-,7-,8?;;/m1../s1. The lowest BCUT2D eigenvalue weighted by Gasteiger charge is -2.17. The molecule has 3 heterocycles. The number of aromatic amines is 1. The van der Waals surface area contributed by atoms with E-state index < -0.39 is 24.3 Å². The Kier molecular flexibility index (Phi) is 6.93. The van der Waals surface area contributed by atoms with Gasteiger partial charge in [-0.1, -0.05) is 4.98 Å². The number of hydrogen-bond acceptors (Lipinski definition) is 7. The van der Waals surface area contributed by atoms with Gasteiger partial charge in [0.25, 0.3) is 0 Å². The molecule has 31 heavy (non-hydrogen) atoms. The van der Waals surface area contributed by atoms with E-state index in [1.165, 1.54) is 19.4 Å². The number of aromatic nitrogens is 4. The van der Waals surface area contributed by atoms with Gasteiger partial charge in [0, 0.05) is 18.8 Å². The van der Waals surface area contributed by atoms with E-state index in [0.29, 0.717) is 11.9 Å². The van der Waals surface area contributed by atoms with Gasteiger partial charge < -0.3 is 30.9 Å². The number of halogens is 6. The fraction of sp³-hybridized carbons (Fsp3) is 0.533. The molecule has 16 heteroatoms. The van der Waals surface area contributed by atoms with E-state index in [0.717, 1.165) is 23.1 Å². The van der Waals surface area contributed by atoms with E-state index in [-0.39, 0.29) is 0 Å². The summed E-state index contributed by atoms with van der Waals surface area (Å²) in [5, 5.41) is 20.0. The van der Waals surface area contributed by atoms with E-state index >= 15 is 0 Å². The molecule has 2 fully saturated rings. The molecule has 4 rings (SSSR count). The van der Waals surface area contributed by atoms with Crippen molar-refractivity contribution in [2.24, 2.45) is 5.92 Å². The Labute approximate surface area is 169 Å². The number of aliphatic carboxylic acids is 2. The zero-order valence-corrected chi connectivity index (χ0v) is 15.4. The summed E-state index contributed by atoms with van der Waals surface area (Å²) in [7, 11) is 0. The third kappa shape index (κ3) is 5.93. The molecule has 2 bridgehead atoms. The summed E-state index contributed by atoms with van der Waals surface area (Å²) < 4.78 is 65.4. The highest BCUT2D eigenvalue weighted by atomic mass is 19.4. The highest BCUT2D eigenvalue weighted by molar-refractivity contribution is 5.78. The number of H-pyrrole nitrogens is 1. The normalized spacial score (nSPS) is 22.3. The quantitative estimate of drug-likeness (QED) is 0.309. The maximum absolute atomic E-state index is 10.5. The molecule has 1 saturated heterocycles. The number of nitrogens with zero attached hydrogens (tertiary/aromatic N) is 3. The first-order chi connectivity index (χ1) is 14.2. The monoisotopic (exact) mass is 458 g/mol. The van der Waals surface area contributed by atoms with Gasteiger partial charge in [-0.25, -0.2) is 4.57 Å². The number of alkyl halides is 6. The molecule has 10 nitrogen and oxygen atoms in total. The van der Waals surface area contributed by atoms with Gasteiger partial charge in [0.15, 0.2) is 18.5 Å². The minimum Gasteiger partial charge on any atom is -0.542 e. The van der Waals surface area contributed by atoms with Crippen molar-refractivity contribution in [3.8, 4) is 0 Å². The van der Waals surface area contributed by atoms with Crippen LogP contribution >= 0.6 is 0 Å². The molecule has 2 aromatic rings. The van der Waals surface area contributed by atoms with E-state index in [2.05, 4.69) is 24.8 Å². The molecule has 0 radical (unpaired) electrons. The molecule has 0 aromatic carbocycles. The van der Waals surface area contributed by atoms with Crippen LogP contribution in [0.5, 0.6) is 0 Å². The minimum absolute atomic E-state index is 0.531. The Bertz CT molecular complexity index is 922. The van der Waals surface area contributed by atoms with Crippen LogP contribution in [0, 0.1) is 5.92 Å².